The number of carbonyl (C=O) groups excluding carboxylic acids is 3. The van der Waals surface area contributed by atoms with Gasteiger partial charge in [0.15, 0.2) is 0 Å². The first-order valence-electron chi connectivity index (χ1n) is 10.5. The van der Waals surface area contributed by atoms with Crippen LogP contribution in [0.5, 0.6) is 0 Å². The Morgan fingerprint density at radius 2 is 1.61 bits per heavy atom. The normalized spacial score (nSPS) is 14.2. The van der Waals surface area contributed by atoms with Crippen LogP contribution in [-0.2, 0) is 25.5 Å². The third-order valence-corrected chi connectivity index (χ3v) is 5.47. The van der Waals surface area contributed by atoms with E-state index in [0.29, 0.717) is 17.4 Å². The molecule has 33 heavy (non-hydrogen) atoms. The molecule has 0 spiro atoms. The van der Waals surface area contributed by atoms with Crippen LogP contribution in [0, 0.1) is 0 Å². The molecule has 0 bridgehead atoms. The number of ether oxygens (including phenoxy) is 1. The average Bonchev–Trinajstić information content (AvgIpc) is 3.44. The molecule has 1 aliphatic rings. The first-order valence-corrected chi connectivity index (χ1v) is 10.5. The van der Waals surface area contributed by atoms with Gasteiger partial charge in [-0.2, -0.15) is 0 Å². The Hall–Kier alpha value is -4.14. The number of rotatable bonds is 7. The molecule has 0 radical (unpaired) electrons. The molecule has 0 fully saturated rings. The number of amides is 2. The van der Waals surface area contributed by atoms with Crippen molar-refractivity contribution in [3.05, 3.63) is 71.8 Å². The van der Waals surface area contributed by atoms with Crippen molar-refractivity contribution in [3.8, 4) is 17.1 Å². The zero-order valence-corrected chi connectivity index (χ0v) is 18.5. The van der Waals surface area contributed by atoms with Crippen molar-refractivity contribution in [1.82, 2.24) is 25.1 Å². The summed E-state index contributed by atoms with van der Waals surface area (Å²) in [4.78, 5) is 38.6. The maximum absolute atomic E-state index is 12.3. The second kappa shape index (κ2) is 9.15. The molecule has 9 nitrogen and oxygen atoms in total. The van der Waals surface area contributed by atoms with Crippen LogP contribution in [0.15, 0.2) is 60.7 Å². The van der Waals surface area contributed by atoms with Crippen molar-refractivity contribution in [2.75, 3.05) is 7.11 Å². The molecule has 3 aromatic rings. The van der Waals surface area contributed by atoms with Crippen LogP contribution in [0.2, 0.25) is 0 Å². The van der Waals surface area contributed by atoms with Crippen LogP contribution in [0.1, 0.15) is 30.9 Å². The Labute approximate surface area is 190 Å². The van der Waals surface area contributed by atoms with Gasteiger partial charge in [0.05, 0.1) is 12.8 Å². The van der Waals surface area contributed by atoms with E-state index < -0.39 is 23.8 Å². The molecular weight excluding hydrogens is 422 g/mol. The lowest BCUT2D eigenvalue weighted by atomic mass is 10.0. The Balaban J connectivity index is 1.50. The number of hydrogen-bond acceptors (Lipinski definition) is 7. The largest absolute Gasteiger partial charge is 0.467 e. The zero-order chi connectivity index (χ0) is 23.5. The van der Waals surface area contributed by atoms with Crippen molar-refractivity contribution in [1.29, 1.82) is 0 Å². The monoisotopic (exact) mass is 445 g/mol. The van der Waals surface area contributed by atoms with Gasteiger partial charge in [-0.15, -0.1) is 15.0 Å². The van der Waals surface area contributed by atoms with Crippen molar-refractivity contribution in [2.24, 2.45) is 0 Å². The minimum Gasteiger partial charge on any atom is -0.467 e. The fourth-order valence-electron chi connectivity index (χ4n) is 3.58. The Kier molecular flexibility index (Phi) is 6.12. The molecular formula is C24H23N5O4. The van der Waals surface area contributed by atoms with E-state index in [1.54, 1.807) is 24.3 Å². The Morgan fingerprint density at radius 1 is 0.970 bits per heavy atom. The lowest BCUT2D eigenvalue weighted by Crippen LogP contribution is -2.46. The van der Waals surface area contributed by atoms with Gasteiger partial charge in [-0.05, 0) is 34.4 Å². The number of esters is 1. The molecule has 2 aromatic carbocycles. The summed E-state index contributed by atoms with van der Waals surface area (Å²) in [6, 6.07) is 14.1. The summed E-state index contributed by atoms with van der Waals surface area (Å²) in [6.07, 6.45) is 2.42. The molecule has 0 N–H and O–H groups in total. The molecule has 0 saturated heterocycles. The van der Waals surface area contributed by atoms with E-state index >= 15 is 0 Å². The summed E-state index contributed by atoms with van der Waals surface area (Å²) < 4.78 is 4.81. The lowest BCUT2D eigenvalue weighted by molar-refractivity contribution is -0.155. The number of hydrogen-bond donors (Lipinski definition) is 0. The molecule has 2 amide bonds. The summed E-state index contributed by atoms with van der Waals surface area (Å²) in [5, 5.41) is 12.7. The maximum Gasteiger partial charge on any atom is 0.329 e. The molecule has 9 heteroatoms. The number of carbonyl (C=O) groups is 3. The van der Waals surface area contributed by atoms with E-state index in [1.807, 2.05) is 12.1 Å². The van der Waals surface area contributed by atoms with E-state index in [2.05, 4.69) is 41.4 Å². The van der Waals surface area contributed by atoms with E-state index in [-0.39, 0.29) is 6.42 Å². The molecule has 2 heterocycles. The molecule has 0 unspecified atom stereocenters. The average molecular weight is 445 g/mol. The summed E-state index contributed by atoms with van der Waals surface area (Å²) in [5.74, 6) is -0.771. The SMILES string of the molecule is COC(=O)[C@H](Cc1ccc(-n2nnc(-c3ccc(C(C)C)cc3)n2)cc1)N1C(=O)C=CC1=O. The number of aromatic nitrogens is 4. The summed E-state index contributed by atoms with van der Waals surface area (Å²) in [5.41, 5.74) is 3.53. The van der Waals surface area contributed by atoms with E-state index in [4.69, 9.17) is 4.74 Å². The zero-order valence-electron chi connectivity index (χ0n) is 18.5. The molecule has 1 atom stereocenters. The smallest absolute Gasteiger partial charge is 0.329 e. The van der Waals surface area contributed by atoms with E-state index in [0.717, 1.165) is 28.2 Å². The van der Waals surface area contributed by atoms with Crippen LogP contribution < -0.4 is 0 Å². The minimum atomic E-state index is -1.04. The van der Waals surface area contributed by atoms with Crippen LogP contribution in [0.4, 0.5) is 0 Å². The molecule has 1 aliphatic heterocycles. The Bertz CT molecular complexity index is 1190. The minimum absolute atomic E-state index is 0.129. The van der Waals surface area contributed by atoms with Gasteiger partial charge >= 0.3 is 5.97 Å². The number of imide groups is 1. The van der Waals surface area contributed by atoms with Gasteiger partial charge < -0.3 is 4.74 Å². The topological polar surface area (TPSA) is 107 Å². The summed E-state index contributed by atoms with van der Waals surface area (Å²) >= 11 is 0. The third kappa shape index (κ3) is 4.57. The van der Waals surface area contributed by atoms with Crippen LogP contribution in [-0.4, -0.2) is 56.0 Å². The number of methoxy groups -OCH3 is 1. The predicted octanol–water partition coefficient (Wildman–Crippen LogP) is 2.46. The second-order valence-electron chi connectivity index (χ2n) is 7.97. The van der Waals surface area contributed by atoms with Crippen LogP contribution in [0.3, 0.4) is 0 Å². The standard InChI is InChI=1S/C24H23N5O4/c1-15(2)17-6-8-18(9-7-17)23-25-27-29(26-23)19-10-4-16(5-11-19)14-20(24(32)33-3)28-21(30)12-13-22(28)31/h4-13,15,20H,14H2,1-3H3/t20-/m0/s1. The van der Waals surface area contributed by atoms with Gasteiger partial charge in [0.25, 0.3) is 11.8 Å². The van der Waals surface area contributed by atoms with Crippen molar-refractivity contribution >= 4 is 17.8 Å². The highest BCUT2D eigenvalue weighted by Gasteiger charge is 2.36. The van der Waals surface area contributed by atoms with Gasteiger partial charge in [-0.1, -0.05) is 50.2 Å². The number of tetrazole rings is 1. The second-order valence-corrected chi connectivity index (χ2v) is 7.97. The molecule has 0 saturated carbocycles. The summed E-state index contributed by atoms with van der Waals surface area (Å²) in [6.45, 7) is 4.27. The van der Waals surface area contributed by atoms with Gasteiger partial charge in [0.1, 0.15) is 6.04 Å². The van der Waals surface area contributed by atoms with Gasteiger partial charge in [-0.3, -0.25) is 14.5 Å². The number of nitrogens with zero attached hydrogens (tertiary/aromatic N) is 5. The molecule has 168 valence electrons. The molecule has 4 rings (SSSR count). The lowest BCUT2D eigenvalue weighted by Gasteiger charge is -2.23. The fraction of sp³-hybridized carbons (Fsp3) is 0.250. The van der Waals surface area contributed by atoms with E-state index in [1.165, 1.54) is 17.5 Å². The van der Waals surface area contributed by atoms with Gasteiger partial charge in [-0.25, -0.2) is 4.79 Å². The highest BCUT2D eigenvalue weighted by atomic mass is 16.5. The number of benzene rings is 2. The van der Waals surface area contributed by atoms with Gasteiger partial charge in [0.2, 0.25) is 5.82 Å². The van der Waals surface area contributed by atoms with Crippen molar-refractivity contribution < 1.29 is 19.1 Å². The van der Waals surface area contributed by atoms with Gasteiger partial charge in [0, 0.05) is 24.1 Å². The fourth-order valence-corrected chi connectivity index (χ4v) is 3.58. The molecule has 1 aromatic heterocycles. The maximum atomic E-state index is 12.3. The predicted molar refractivity (Wildman–Crippen MR) is 119 cm³/mol. The highest BCUT2D eigenvalue weighted by molar-refractivity contribution is 6.14. The quantitative estimate of drug-likeness (QED) is 0.406. The molecule has 0 aliphatic carbocycles. The summed E-state index contributed by atoms with van der Waals surface area (Å²) in [7, 11) is 1.22. The van der Waals surface area contributed by atoms with E-state index in [9.17, 15) is 14.4 Å². The first kappa shape index (κ1) is 22.1. The van der Waals surface area contributed by atoms with Crippen molar-refractivity contribution in [3.63, 3.8) is 0 Å². The Morgan fingerprint density at radius 3 is 2.18 bits per heavy atom. The first-order chi connectivity index (χ1) is 15.9. The van der Waals surface area contributed by atoms with Crippen LogP contribution in [0.25, 0.3) is 17.1 Å². The third-order valence-electron chi connectivity index (χ3n) is 5.47. The van der Waals surface area contributed by atoms with Crippen molar-refractivity contribution in [2.45, 2.75) is 32.2 Å². The van der Waals surface area contributed by atoms with Crippen LogP contribution >= 0.6 is 0 Å². The highest BCUT2D eigenvalue weighted by Crippen LogP contribution is 2.21.